The summed E-state index contributed by atoms with van der Waals surface area (Å²) in [4.78, 5) is 12.1. The Labute approximate surface area is 130 Å². The molecule has 1 aromatic carbocycles. The minimum atomic E-state index is -4.39. The molecule has 0 saturated carbocycles. The van der Waals surface area contributed by atoms with Gasteiger partial charge >= 0.3 is 6.18 Å². The Morgan fingerprint density at radius 3 is 2.35 bits per heavy atom. The van der Waals surface area contributed by atoms with Crippen LogP contribution in [-0.4, -0.2) is 21.9 Å². The van der Waals surface area contributed by atoms with Crippen molar-refractivity contribution in [2.45, 2.75) is 19.1 Å². The van der Waals surface area contributed by atoms with E-state index in [0.29, 0.717) is 22.5 Å². The van der Waals surface area contributed by atoms with Crippen molar-refractivity contribution in [1.29, 1.82) is 0 Å². The molecule has 0 bridgehead atoms. The second-order valence-corrected chi connectivity index (χ2v) is 5.39. The maximum atomic E-state index is 13.1. The molecule has 4 N–H and O–H groups in total. The van der Waals surface area contributed by atoms with Crippen LogP contribution in [0.4, 0.5) is 24.7 Å². The van der Waals surface area contributed by atoms with Gasteiger partial charge in [-0.3, -0.25) is 4.99 Å². The fourth-order valence-electron chi connectivity index (χ4n) is 2.53. The summed E-state index contributed by atoms with van der Waals surface area (Å²) < 4.78 is 39.4. The Morgan fingerprint density at radius 1 is 1.09 bits per heavy atom. The van der Waals surface area contributed by atoms with Gasteiger partial charge in [0.15, 0.2) is 0 Å². The third-order valence-corrected chi connectivity index (χ3v) is 3.87. The van der Waals surface area contributed by atoms with Gasteiger partial charge in [-0.1, -0.05) is 19.1 Å². The van der Waals surface area contributed by atoms with E-state index in [1.807, 2.05) is 0 Å². The molecule has 0 spiro atoms. The van der Waals surface area contributed by atoms with Crippen LogP contribution < -0.4 is 11.5 Å². The van der Waals surface area contributed by atoms with E-state index in [2.05, 4.69) is 15.0 Å². The standard InChI is InChI=1S/C15H14F3N5/c1-7(15(16,17)18)11-13-10(14(20)22-6-21-13)12(23-11)8-2-4-9(19)5-3-8/h2-7,11H,19H2,1H3,(H2,20,21,22). The van der Waals surface area contributed by atoms with Crippen molar-refractivity contribution in [1.82, 2.24) is 9.97 Å². The Bertz CT molecular complexity index is 768. The molecule has 1 aliphatic rings. The van der Waals surface area contributed by atoms with Crippen LogP contribution in [0.15, 0.2) is 35.6 Å². The zero-order chi connectivity index (χ0) is 16.8. The molecule has 1 aromatic heterocycles. The number of halogens is 3. The highest BCUT2D eigenvalue weighted by atomic mass is 19.4. The first kappa shape index (κ1) is 15.3. The first-order valence-corrected chi connectivity index (χ1v) is 6.90. The van der Waals surface area contributed by atoms with Crippen molar-refractivity contribution in [2.24, 2.45) is 10.9 Å². The Hall–Kier alpha value is -2.64. The number of fused-ring (bicyclic) bond motifs is 1. The molecule has 1 aliphatic heterocycles. The minimum absolute atomic E-state index is 0.113. The second-order valence-electron chi connectivity index (χ2n) is 5.39. The summed E-state index contributed by atoms with van der Waals surface area (Å²) in [6, 6.07) is 5.54. The predicted octanol–water partition coefficient (Wildman–Crippen LogP) is 2.73. The monoisotopic (exact) mass is 321 g/mol. The number of rotatable bonds is 2. The molecule has 0 saturated heterocycles. The van der Waals surface area contributed by atoms with Crippen molar-refractivity contribution >= 4 is 17.2 Å². The number of nitrogen functional groups attached to an aromatic ring is 2. The number of nitrogens with two attached hydrogens (primary N) is 2. The largest absolute Gasteiger partial charge is 0.399 e. The zero-order valence-electron chi connectivity index (χ0n) is 12.2. The summed E-state index contributed by atoms with van der Waals surface area (Å²) in [5.74, 6) is -1.57. The molecule has 120 valence electrons. The molecule has 5 nitrogen and oxygen atoms in total. The summed E-state index contributed by atoms with van der Waals surface area (Å²) in [5, 5.41) is 0. The van der Waals surface area contributed by atoms with Gasteiger partial charge in [0.05, 0.1) is 22.9 Å². The maximum absolute atomic E-state index is 13.1. The van der Waals surface area contributed by atoms with Crippen LogP contribution >= 0.6 is 0 Å². The average molecular weight is 321 g/mol. The van der Waals surface area contributed by atoms with E-state index in [9.17, 15) is 13.2 Å². The van der Waals surface area contributed by atoms with E-state index in [4.69, 9.17) is 11.5 Å². The van der Waals surface area contributed by atoms with Crippen LogP contribution in [0.1, 0.15) is 29.8 Å². The molecule has 2 aromatic rings. The van der Waals surface area contributed by atoms with Crippen LogP contribution in [0.5, 0.6) is 0 Å². The van der Waals surface area contributed by atoms with Crippen LogP contribution in [0.2, 0.25) is 0 Å². The smallest absolute Gasteiger partial charge is 0.393 e. The molecule has 0 aliphatic carbocycles. The van der Waals surface area contributed by atoms with Gasteiger partial charge in [0.2, 0.25) is 0 Å². The van der Waals surface area contributed by atoms with Crippen LogP contribution in [0.25, 0.3) is 0 Å². The molecular formula is C15H14F3N5. The van der Waals surface area contributed by atoms with Crippen LogP contribution in [0, 0.1) is 5.92 Å². The normalized spacial score (nSPS) is 18.4. The Kier molecular flexibility index (Phi) is 3.46. The molecule has 2 heterocycles. The zero-order valence-corrected chi connectivity index (χ0v) is 12.2. The van der Waals surface area contributed by atoms with Gasteiger partial charge in [0.1, 0.15) is 18.2 Å². The van der Waals surface area contributed by atoms with Crippen molar-refractivity contribution in [3.63, 3.8) is 0 Å². The minimum Gasteiger partial charge on any atom is -0.399 e. The number of alkyl halides is 3. The lowest BCUT2D eigenvalue weighted by Gasteiger charge is -2.20. The van der Waals surface area contributed by atoms with Crippen LogP contribution in [0.3, 0.4) is 0 Å². The summed E-state index contributed by atoms with van der Waals surface area (Å²) in [6.45, 7) is 1.09. The molecule has 0 amide bonds. The highest BCUT2D eigenvalue weighted by molar-refractivity contribution is 6.17. The van der Waals surface area contributed by atoms with Gasteiger partial charge < -0.3 is 11.5 Å². The van der Waals surface area contributed by atoms with Gasteiger partial charge in [-0.05, 0) is 12.1 Å². The lowest BCUT2D eigenvalue weighted by atomic mass is 9.96. The van der Waals surface area contributed by atoms with Crippen molar-refractivity contribution < 1.29 is 13.2 Å². The van der Waals surface area contributed by atoms with Crippen molar-refractivity contribution in [3.05, 3.63) is 47.4 Å². The highest BCUT2D eigenvalue weighted by Gasteiger charge is 2.46. The Balaban J connectivity index is 2.15. The number of aromatic nitrogens is 2. The summed E-state index contributed by atoms with van der Waals surface area (Å²) >= 11 is 0. The molecule has 0 radical (unpaired) electrons. The number of nitrogens with zero attached hydrogens (tertiary/aromatic N) is 3. The predicted molar refractivity (Wildman–Crippen MR) is 80.9 cm³/mol. The third kappa shape index (κ3) is 2.60. The number of anilines is 2. The molecule has 2 atom stereocenters. The van der Waals surface area contributed by atoms with Crippen molar-refractivity contribution in [2.75, 3.05) is 11.5 Å². The van der Waals surface area contributed by atoms with E-state index in [-0.39, 0.29) is 11.5 Å². The Morgan fingerprint density at radius 2 is 1.74 bits per heavy atom. The lowest BCUT2D eigenvalue weighted by Crippen LogP contribution is -2.25. The van der Waals surface area contributed by atoms with E-state index in [0.717, 1.165) is 13.3 Å². The van der Waals surface area contributed by atoms with E-state index in [1.54, 1.807) is 24.3 Å². The molecule has 8 heteroatoms. The molecule has 2 unspecified atom stereocenters. The summed E-state index contributed by atoms with van der Waals surface area (Å²) in [6.07, 6.45) is -3.23. The van der Waals surface area contributed by atoms with Gasteiger partial charge in [-0.25, -0.2) is 9.97 Å². The third-order valence-electron chi connectivity index (χ3n) is 3.87. The topological polar surface area (TPSA) is 90.2 Å². The average Bonchev–Trinajstić information content (AvgIpc) is 2.87. The number of aliphatic imine (C=N–C) groups is 1. The van der Waals surface area contributed by atoms with Gasteiger partial charge in [0.25, 0.3) is 0 Å². The van der Waals surface area contributed by atoms with E-state index >= 15 is 0 Å². The maximum Gasteiger partial charge on any atom is 0.393 e. The number of benzene rings is 1. The number of hydrogen-bond acceptors (Lipinski definition) is 5. The first-order valence-electron chi connectivity index (χ1n) is 6.90. The summed E-state index contributed by atoms with van der Waals surface area (Å²) in [5.41, 5.74) is 13.6. The van der Waals surface area contributed by atoms with Gasteiger partial charge in [-0.15, -0.1) is 0 Å². The fraction of sp³-hybridized carbons (Fsp3) is 0.267. The van der Waals surface area contributed by atoms with Crippen LogP contribution in [-0.2, 0) is 0 Å². The molecule has 23 heavy (non-hydrogen) atoms. The summed E-state index contributed by atoms with van der Waals surface area (Å²) in [7, 11) is 0. The highest BCUT2D eigenvalue weighted by Crippen LogP contribution is 2.43. The second kappa shape index (κ2) is 5.22. The SMILES string of the molecule is CC(C1N=C(c2ccc(N)cc2)c2c(N)ncnc21)C(F)(F)F. The molecule has 0 fully saturated rings. The van der Waals surface area contributed by atoms with E-state index < -0.39 is 18.1 Å². The number of hydrogen-bond donors (Lipinski definition) is 2. The quantitative estimate of drug-likeness (QED) is 0.832. The molecular weight excluding hydrogens is 307 g/mol. The fourth-order valence-corrected chi connectivity index (χ4v) is 2.53. The van der Waals surface area contributed by atoms with Crippen molar-refractivity contribution in [3.8, 4) is 0 Å². The van der Waals surface area contributed by atoms with E-state index in [1.165, 1.54) is 0 Å². The molecule has 3 rings (SSSR count). The van der Waals surface area contributed by atoms with Gasteiger partial charge in [-0.2, -0.15) is 13.2 Å². The lowest BCUT2D eigenvalue weighted by molar-refractivity contribution is -0.175. The first-order chi connectivity index (χ1) is 10.8. The van der Waals surface area contributed by atoms with Gasteiger partial charge in [0, 0.05) is 11.3 Å².